The molecule has 1 aliphatic heterocycles. The number of ether oxygens (including phenoxy) is 1. The highest BCUT2D eigenvalue weighted by Gasteiger charge is 2.25. The number of nitrogens with two attached hydrogens (primary N) is 1. The first-order valence-corrected chi connectivity index (χ1v) is 6.81. The molecule has 1 aromatic carbocycles. The number of nitrogens with one attached hydrogen (secondary N) is 1. The number of rotatable bonds is 3. The van der Waals surface area contributed by atoms with E-state index >= 15 is 0 Å². The maximum atomic E-state index is 5.74. The number of hydrogen-bond donors (Lipinski definition) is 2. The van der Waals surface area contributed by atoms with Gasteiger partial charge in [-0.05, 0) is 37.3 Å². The van der Waals surface area contributed by atoms with Gasteiger partial charge in [-0.1, -0.05) is 33.6 Å². The van der Waals surface area contributed by atoms with E-state index < -0.39 is 0 Å². The van der Waals surface area contributed by atoms with E-state index in [0.29, 0.717) is 5.92 Å². The highest BCUT2D eigenvalue weighted by Crippen LogP contribution is 2.33. The van der Waals surface area contributed by atoms with Gasteiger partial charge in [-0.3, -0.25) is 11.3 Å². The van der Waals surface area contributed by atoms with Gasteiger partial charge in [0.05, 0.1) is 6.04 Å². The second kappa shape index (κ2) is 5.96. The van der Waals surface area contributed by atoms with Crippen molar-refractivity contribution in [2.45, 2.75) is 25.8 Å². The third kappa shape index (κ3) is 3.07. The summed E-state index contributed by atoms with van der Waals surface area (Å²) in [6, 6.07) is 6.59. The van der Waals surface area contributed by atoms with Gasteiger partial charge < -0.3 is 4.74 Å². The molecule has 0 aromatic heterocycles. The standard InChI is InChI=1S/C13H19BrN2O/c1-9-2-3-12(14)11(8-9)13(16-15)10-4-6-17-7-5-10/h2-3,8,10,13,16H,4-7,15H2,1H3. The van der Waals surface area contributed by atoms with Crippen LogP contribution in [0.2, 0.25) is 0 Å². The molecule has 0 spiro atoms. The first-order chi connectivity index (χ1) is 8.22. The monoisotopic (exact) mass is 298 g/mol. The van der Waals surface area contributed by atoms with Gasteiger partial charge in [-0.2, -0.15) is 0 Å². The van der Waals surface area contributed by atoms with E-state index in [-0.39, 0.29) is 6.04 Å². The van der Waals surface area contributed by atoms with Gasteiger partial charge in [-0.15, -0.1) is 0 Å². The third-order valence-electron chi connectivity index (χ3n) is 3.40. The normalized spacial score (nSPS) is 19.2. The summed E-state index contributed by atoms with van der Waals surface area (Å²) < 4.78 is 6.53. The van der Waals surface area contributed by atoms with E-state index in [0.717, 1.165) is 30.5 Å². The van der Waals surface area contributed by atoms with Crippen LogP contribution >= 0.6 is 15.9 Å². The van der Waals surface area contributed by atoms with Crippen LogP contribution in [0, 0.1) is 12.8 Å². The van der Waals surface area contributed by atoms with Crippen LogP contribution in [0.3, 0.4) is 0 Å². The van der Waals surface area contributed by atoms with Gasteiger partial charge in [0.1, 0.15) is 0 Å². The highest BCUT2D eigenvalue weighted by molar-refractivity contribution is 9.10. The molecule has 1 aliphatic rings. The van der Waals surface area contributed by atoms with Gasteiger partial charge in [-0.25, -0.2) is 0 Å². The SMILES string of the molecule is Cc1ccc(Br)c(C(NN)C2CCOCC2)c1. The maximum Gasteiger partial charge on any atom is 0.0501 e. The van der Waals surface area contributed by atoms with Crippen LogP contribution in [-0.4, -0.2) is 13.2 Å². The largest absolute Gasteiger partial charge is 0.381 e. The molecule has 3 nitrogen and oxygen atoms in total. The van der Waals surface area contributed by atoms with Crippen molar-refractivity contribution >= 4 is 15.9 Å². The predicted octanol–water partition coefficient (Wildman–Crippen LogP) is 2.69. The first kappa shape index (κ1) is 13.0. The smallest absolute Gasteiger partial charge is 0.0501 e. The molecular formula is C13H19BrN2O. The molecule has 1 atom stereocenters. The van der Waals surface area contributed by atoms with Crippen molar-refractivity contribution in [3.05, 3.63) is 33.8 Å². The van der Waals surface area contributed by atoms with Gasteiger partial charge in [0.15, 0.2) is 0 Å². The molecule has 1 fully saturated rings. The van der Waals surface area contributed by atoms with Crippen molar-refractivity contribution in [3.8, 4) is 0 Å². The molecule has 17 heavy (non-hydrogen) atoms. The number of aryl methyl sites for hydroxylation is 1. The van der Waals surface area contributed by atoms with Crippen molar-refractivity contribution in [1.82, 2.24) is 5.43 Å². The molecule has 1 saturated heterocycles. The average Bonchev–Trinajstić information content (AvgIpc) is 2.36. The van der Waals surface area contributed by atoms with E-state index in [1.54, 1.807) is 0 Å². The summed E-state index contributed by atoms with van der Waals surface area (Å²) in [5, 5.41) is 0. The lowest BCUT2D eigenvalue weighted by Gasteiger charge is -2.30. The van der Waals surface area contributed by atoms with Gasteiger partial charge in [0.2, 0.25) is 0 Å². The molecule has 0 amide bonds. The van der Waals surface area contributed by atoms with E-state index in [2.05, 4.69) is 46.5 Å². The van der Waals surface area contributed by atoms with Crippen molar-refractivity contribution in [2.75, 3.05) is 13.2 Å². The number of halogens is 1. The molecule has 1 heterocycles. The maximum absolute atomic E-state index is 5.74. The van der Waals surface area contributed by atoms with Crippen LogP contribution in [-0.2, 0) is 4.74 Å². The zero-order chi connectivity index (χ0) is 12.3. The number of hydrazine groups is 1. The van der Waals surface area contributed by atoms with Gasteiger partial charge in [0.25, 0.3) is 0 Å². The second-order valence-electron chi connectivity index (χ2n) is 4.62. The highest BCUT2D eigenvalue weighted by atomic mass is 79.9. The molecule has 4 heteroatoms. The Hall–Kier alpha value is -0.420. The van der Waals surface area contributed by atoms with Crippen molar-refractivity contribution < 1.29 is 4.74 Å². The minimum atomic E-state index is 0.202. The third-order valence-corrected chi connectivity index (χ3v) is 4.13. The lowest BCUT2D eigenvalue weighted by molar-refractivity contribution is 0.0535. The average molecular weight is 299 g/mol. The van der Waals surface area contributed by atoms with E-state index in [1.807, 2.05) is 0 Å². The van der Waals surface area contributed by atoms with Crippen LogP contribution in [0.15, 0.2) is 22.7 Å². The fraction of sp³-hybridized carbons (Fsp3) is 0.538. The lowest BCUT2D eigenvalue weighted by Crippen LogP contribution is -2.36. The van der Waals surface area contributed by atoms with Crippen molar-refractivity contribution in [1.29, 1.82) is 0 Å². The Bertz CT molecular complexity index is 378. The summed E-state index contributed by atoms with van der Waals surface area (Å²) in [4.78, 5) is 0. The quantitative estimate of drug-likeness (QED) is 0.666. The fourth-order valence-corrected chi connectivity index (χ4v) is 2.92. The van der Waals surface area contributed by atoms with E-state index in [1.165, 1.54) is 11.1 Å². The Morgan fingerprint density at radius 1 is 1.41 bits per heavy atom. The topological polar surface area (TPSA) is 47.3 Å². The molecule has 1 unspecified atom stereocenters. The zero-order valence-corrected chi connectivity index (χ0v) is 11.7. The Morgan fingerprint density at radius 2 is 2.12 bits per heavy atom. The van der Waals surface area contributed by atoms with Crippen LogP contribution in [0.1, 0.15) is 30.0 Å². The Labute approximate surface area is 111 Å². The van der Waals surface area contributed by atoms with E-state index in [9.17, 15) is 0 Å². The van der Waals surface area contributed by atoms with Gasteiger partial charge in [0, 0.05) is 17.7 Å². The minimum Gasteiger partial charge on any atom is -0.381 e. The summed E-state index contributed by atoms with van der Waals surface area (Å²) in [5.41, 5.74) is 5.48. The Balaban J connectivity index is 2.24. The molecule has 94 valence electrons. The summed E-state index contributed by atoms with van der Waals surface area (Å²) >= 11 is 3.61. The Morgan fingerprint density at radius 3 is 2.76 bits per heavy atom. The second-order valence-corrected chi connectivity index (χ2v) is 5.47. The van der Waals surface area contributed by atoms with Crippen molar-refractivity contribution in [2.24, 2.45) is 11.8 Å². The van der Waals surface area contributed by atoms with E-state index in [4.69, 9.17) is 10.6 Å². The molecule has 3 N–H and O–H groups in total. The summed E-state index contributed by atoms with van der Waals surface area (Å²) in [6.07, 6.45) is 2.13. The zero-order valence-electron chi connectivity index (χ0n) is 10.1. The number of hydrogen-bond acceptors (Lipinski definition) is 3. The van der Waals surface area contributed by atoms with Crippen LogP contribution < -0.4 is 11.3 Å². The van der Waals surface area contributed by atoms with Crippen molar-refractivity contribution in [3.63, 3.8) is 0 Å². The molecule has 0 aliphatic carbocycles. The van der Waals surface area contributed by atoms with Crippen LogP contribution in [0.25, 0.3) is 0 Å². The molecular weight excluding hydrogens is 280 g/mol. The molecule has 0 radical (unpaired) electrons. The molecule has 0 bridgehead atoms. The van der Waals surface area contributed by atoms with Crippen LogP contribution in [0.4, 0.5) is 0 Å². The first-order valence-electron chi connectivity index (χ1n) is 6.02. The van der Waals surface area contributed by atoms with Gasteiger partial charge >= 0.3 is 0 Å². The fourth-order valence-electron chi connectivity index (χ4n) is 2.43. The van der Waals surface area contributed by atoms with Crippen LogP contribution in [0.5, 0.6) is 0 Å². The predicted molar refractivity (Wildman–Crippen MR) is 72.5 cm³/mol. The summed E-state index contributed by atoms with van der Waals surface area (Å²) in [5.74, 6) is 6.29. The number of benzene rings is 1. The summed E-state index contributed by atoms with van der Waals surface area (Å²) in [6.45, 7) is 3.78. The molecule has 1 aromatic rings. The Kier molecular flexibility index (Phi) is 4.56. The summed E-state index contributed by atoms with van der Waals surface area (Å²) in [7, 11) is 0. The molecule has 2 rings (SSSR count). The minimum absolute atomic E-state index is 0.202. The molecule has 0 saturated carbocycles. The lowest BCUT2D eigenvalue weighted by atomic mass is 9.87.